The van der Waals surface area contributed by atoms with Gasteiger partial charge >= 0.3 is 0 Å². The number of aromatic nitrogens is 1. The first-order valence-corrected chi connectivity index (χ1v) is 9.66. The predicted octanol–water partition coefficient (Wildman–Crippen LogP) is 5.08. The van der Waals surface area contributed by atoms with Gasteiger partial charge in [-0.15, -0.1) is 0 Å². The molecule has 1 aromatic heterocycles. The average molecular weight is 359 g/mol. The van der Waals surface area contributed by atoms with Gasteiger partial charge in [0, 0.05) is 30.1 Å². The lowest BCUT2D eigenvalue weighted by atomic mass is 10.0. The van der Waals surface area contributed by atoms with Gasteiger partial charge in [-0.3, -0.25) is 9.78 Å². The quantitative estimate of drug-likeness (QED) is 0.591. The van der Waals surface area contributed by atoms with Gasteiger partial charge in [-0.05, 0) is 54.3 Å². The number of carbonyl (C=O) groups excluding carboxylic acids is 1. The molecule has 1 heterocycles. The van der Waals surface area contributed by atoms with Crippen LogP contribution < -0.4 is 0 Å². The number of hydrogen-bond acceptors (Lipinski definition) is 3. The standard InChI is InChI=1S/C24H25NO2/c1-16(2)27-15-17-3-6-19(7-4-17)22-13-23(22)24(26)12-18-5-8-21-14-25-10-9-20(21)11-18/h3-11,14,16,22-23H,12-13,15H2,1-2H3/t22-,23+/m0/s1. The van der Waals surface area contributed by atoms with Crippen LogP contribution in [0.5, 0.6) is 0 Å². The highest BCUT2D eigenvalue weighted by Gasteiger charge is 2.43. The Kier molecular flexibility index (Phi) is 5.04. The number of ketones is 1. The molecule has 0 aliphatic heterocycles. The van der Waals surface area contributed by atoms with E-state index in [4.69, 9.17) is 4.74 Å². The molecule has 0 amide bonds. The molecular formula is C24H25NO2. The van der Waals surface area contributed by atoms with E-state index in [1.165, 1.54) is 11.1 Å². The van der Waals surface area contributed by atoms with Gasteiger partial charge in [-0.1, -0.05) is 42.5 Å². The monoisotopic (exact) mass is 359 g/mol. The number of hydrogen-bond donors (Lipinski definition) is 0. The summed E-state index contributed by atoms with van der Waals surface area (Å²) in [6.45, 7) is 4.73. The Bertz CT molecular complexity index is 946. The van der Waals surface area contributed by atoms with Crippen LogP contribution in [0.1, 0.15) is 42.9 Å². The van der Waals surface area contributed by atoms with Gasteiger partial charge in [-0.25, -0.2) is 0 Å². The Morgan fingerprint density at radius 3 is 2.63 bits per heavy atom. The lowest BCUT2D eigenvalue weighted by molar-refractivity contribution is -0.119. The van der Waals surface area contributed by atoms with E-state index < -0.39 is 0 Å². The van der Waals surface area contributed by atoms with Crippen molar-refractivity contribution in [1.82, 2.24) is 4.98 Å². The number of rotatable bonds is 7. The molecule has 0 bridgehead atoms. The predicted molar refractivity (Wildman–Crippen MR) is 108 cm³/mol. The first kappa shape index (κ1) is 17.9. The molecule has 1 aliphatic rings. The van der Waals surface area contributed by atoms with Crippen molar-refractivity contribution in [2.45, 2.75) is 45.3 Å². The normalized spacial score (nSPS) is 18.8. The fourth-order valence-electron chi connectivity index (χ4n) is 3.62. The maximum Gasteiger partial charge on any atom is 0.140 e. The summed E-state index contributed by atoms with van der Waals surface area (Å²) < 4.78 is 5.64. The molecule has 138 valence electrons. The molecule has 1 aliphatic carbocycles. The number of ether oxygens (including phenoxy) is 1. The summed E-state index contributed by atoms with van der Waals surface area (Å²) in [6.07, 6.45) is 5.37. The molecule has 0 N–H and O–H groups in total. The van der Waals surface area contributed by atoms with Gasteiger partial charge in [0.05, 0.1) is 12.7 Å². The molecule has 0 radical (unpaired) electrons. The van der Waals surface area contributed by atoms with Crippen molar-refractivity contribution >= 4 is 16.6 Å². The van der Waals surface area contributed by atoms with Crippen LogP contribution >= 0.6 is 0 Å². The molecule has 2 atom stereocenters. The minimum atomic E-state index is 0.163. The molecule has 4 rings (SSSR count). The summed E-state index contributed by atoms with van der Waals surface area (Å²) in [5.74, 6) is 0.888. The molecule has 1 fully saturated rings. The topological polar surface area (TPSA) is 39.2 Å². The van der Waals surface area contributed by atoms with Crippen LogP contribution in [-0.4, -0.2) is 16.9 Å². The zero-order valence-electron chi connectivity index (χ0n) is 15.9. The third kappa shape index (κ3) is 4.25. The third-order valence-corrected chi connectivity index (χ3v) is 5.28. The first-order chi connectivity index (χ1) is 13.1. The van der Waals surface area contributed by atoms with Gasteiger partial charge in [0.1, 0.15) is 5.78 Å². The van der Waals surface area contributed by atoms with Crippen molar-refractivity contribution in [3.05, 3.63) is 77.6 Å². The number of carbonyl (C=O) groups is 1. The SMILES string of the molecule is CC(C)OCc1ccc([C@@H]2C[C@H]2C(=O)Cc2ccc3cnccc3c2)cc1. The molecule has 0 saturated heterocycles. The summed E-state index contributed by atoms with van der Waals surface area (Å²) in [4.78, 5) is 16.8. The largest absolute Gasteiger partial charge is 0.374 e. The van der Waals surface area contributed by atoms with Gasteiger partial charge < -0.3 is 4.74 Å². The van der Waals surface area contributed by atoms with E-state index in [0.29, 0.717) is 24.7 Å². The lowest BCUT2D eigenvalue weighted by Crippen LogP contribution is -2.06. The molecule has 3 nitrogen and oxygen atoms in total. The van der Waals surface area contributed by atoms with Gasteiger partial charge in [0.2, 0.25) is 0 Å². The minimum absolute atomic E-state index is 0.163. The van der Waals surface area contributed by atoms with E-state index in [0.717, 1.165) is 22.8 Å². The maximum atomic E-state index is 12.7. The Labute approximate surface area is 160 Å². The van der Waals surface area contributed by atoms with Crippen LogP contribution in [0.15, 0.2) is 60.9 Å². The van der Waals surface area contributed by atoms with Crippen molar-refractivity contribution < 1.29 is 9.53 Å². The fraction of sp³-hybridized carbons (Fsp3) is 0.333. The Hall–Kier alpha value is -2.52. The molecular weight excluding hydrogens is 334 g/mol. The molecule has 3 heteroatoms. The number of pyridine rings is 1. The van der Waals surface area contributed by atoms with Crippen molar-refractivity contribution in [3.63, 3.8) is 0 Å². The van der Waals surface area contributed by atoms with E-state index in [2.05, 4.69) is 35.3 Å². The second-order valence-electron chi connectivity index (χ2n) is 7.75. The number of benzene rings is 2. The van der Waals surface area contributed by atoms with Crippen molar-refractivity contribution in [2.75, 3.05) is 0 Å². The van der Waals surface area contributed by atoms with Crippen molar-refractivity contribution in [3.8, 4) is 0 Å². The zero-order valence-corrected chi connectivity index (χ0v) is 15.9. The van der Waals surface area contributed by atoms with Gasteiger partial charge in [0.15, 0.2) is 0 Å². The smallest absolute Gasteiger partial charge is 0.140 e. The summed E-state index contributed by atoms with van der Waals surface area (Å²) in [7, 11) is 0. The van der Waals surface area contributed by atoms with E-state index >= 15 is 0 Å². The third-order valence-electron chi connectivity index (χ3n) is 5.28. The number of Topliss-reactive ketones (excluding diaryl/α,β-unsaturated/α-hetero) is 1. The molecule has 1 saturated carbocycles. The summed E-state index contributed by atoms with van der Waals surface area (Å²) >= 11 is 0. The summed E-state index contributed by atoms with van der Waals surface area (Å²) in [5.41, 5.74) is 3.54. The molecule has 0 spiro atoms. The number of fused-ring (bicyclic) bond motifs is 1. The average Bonchev–Trinajstić information content (AvgIpc) is 3.48. The second-order valence-corrected chi connectivity index (χ2v) is 7.75. The van der Waals surface area contributed by atoms with Gasteiger partial charge in [-0.2, -0.15) is 0 Å². The zero-order chi connectivity index (χ0) is 18.8. The maximum absolute atomic E-state index is 12.7. The van der Waals surface area contributed by atoms with Crippen LogP contribution in [0.2, 0.25) is 0 Å². The van der Waals surface area contributed by atoms with Crippen LogP contribution in [-0.2, 0) is 22.6 Å². The van der Waals surface area contributed by atoms with E-state index in [1.807, 2.05) is 38.2 Å². The minimum Gasteiger partial charge on any atom is -0.374 e. The van der Waals surface area contributed by atoms with Gasteiger partial charge in [0.25, 0.3) is 0 Å². The Morgan fingerprint density at radius 2 is 1.85 bits per heavy atom. The second kappa shape index (κ2) is 7.61. The molecule has 0 unspecified atom stereocenters. The van der Waals surface area contributed by atoms with E-state index in [-0.39, 0.29) is 12.0 Å². The highest BCUT2D eigenvalue weighted by Crippen LogP contribution is 2.48. The molecule has 3 aromatic rings. The Balaban J connectivity index is 1.36. The Morgan fingerprint density at radius 1 is 1.07 bits per heavy atom. The molecule has 27 heavy (non-hydrogen) atoms. The summed E-state index contributed by atoms with van der Waals surface area (Å²) in [6, 6.07) is 16.7. The highest BCUT2D eigenvalue weighted by molar-refractivity contribution is 5.89. The first-order valence-electron chi connectivity index (χ1n) is 9.66. The van der Waals surface area contributed by atoms with E-state index in [1.54, 1.807) is 6.20 Å². The van der Waals surface area contributed by atoms with Crippen molar-refractivity contribution in [1.29, 1.82) is 0 Å². The van der Waals surface area contributed by atoms with Crippen molar-refractivity contribution in [2.24, 2.45) is 5.92 Å². The number of nitrogens with zero attached hydrogens (tertiary/aromatic N) is 1. The van der Waals surface area contributed by atoms with Crippen LogP contribution in [0.25, 0.3) is 10.8 Å². The van der Waals surface area contributed by atoms with Crippen LogP contribution in [0.4, 0.5) is 0 Å². The summed E-state index contributed by atoms with van der Waals surface area (Å²) in [5, 5.41) is 2.25. The van der Waals surface area contributed by atoms with E-state index in [9.17, 15) is 4.79 Å². The molecule has 2 aromatic carbocycles. The van der Waals surface area contributed by atoms with Crippen LogP contribution in [0, 0.1) is 5.92 Å². The van der Waals surface area contributed by atoms with Crippen LogP contribution in [0.3, 0.4) is 0 Å². The highest BCUT2D eigenvalue weighted by atomic mass is 16.5. The fourth-order valence-corrected chi connectivity index (χ4v) is 3.62. The lowest BCUT2D eigenvalue weighted by Gasteiger charge is -2.08.